The van der Waals surface area contributed by atoms with Crippen molar-refractivity contribution in [1.82, 2.24) is 10.3 Å². The standard InChI is InChI=1S/C17H18N4S/c1-2-18-17(22)19-13-9-7-12(8-10-13)11-16-20-14-5-3-4-6-15(14)21-16/h3-10H,2,11H2,1H3,(H,20,21)(H2,18,19,22)/p+1. The van der Waals surface area contributed by atoms with Gasteiger partial charge in [0.25, 0.3) is 5.82 Å². The number of anilines is 1. The number of H-pyrrole nitrogens is 2. The zero-order chi connectivity index (χ0) is 15.4. The van der Waals surface area contributed by atoms with Crippen molar-refractivity contribution in [3.63, 3.8) is 0 Å². The first-order chi connectivity index (χ1) is 10.7. The maximum atomic E-state index is 5.18. The second kappa shape index (κ2) is 6.58. The van der Waals surface area contributed by atoms with Crippen LogP contribution in [-0.4, -0.2) is 16.6 Å². The number of rotatable bonds is 4. The van der Waals surface area contributed by atoms with Crippen molar-refractivity contribution in [2.45, 2.75) is 13.3 Å². The lowest BCUT2D eigenvalue weighted by atomic mass is 10.1. The lowest BCUT2D eigenvalue weighted by Gasteiger charge is -2.08. The van der Waals surface area contributed by atoms with E-state index in [1.54, 1.807) is 0 Å². The third-order valence-electron chi connectivity index (χ3n) is 3.43. The maximum absolute atomic E-state index is 5.18. The van der Waals surface area contributed by atoms with E-state index < -0.39 is 0 Å². The Morgan fingerprint density at radius 2 is 1.91 bits per heavy atom. The molecule has 2 aromatic carbocycles. The highest BCUT2D eigenvalue weighted by Gasteiger charge is 2.09. The van der Waals surface area contributed by atoms with Crippen LogP contribution in [0.25, 0.3) is 11.0 Å². The summed E-state index contributed by atoms with van der Waals surface area (Å²) in [5, 5.41) is 6.89. The zero-order valence-electron chi connectivity index (χ0n) is 12.4. The third-order valence-corrected chi connectivity index (χ3v) is 3.67. The molecule has 0 fully saturated rings. The molecule has 112 valence electrons. The minimum atomic E-state index is 0.652. The number of benzene rings is 2. The second-order valence-corrected chi connectivity index (χ2v) is 5.54. The minimum absolute atomic E-state index is 0.652. The number of para-hydroxylation sites is 2. The number of hydrogen-bond acceptors (Lipinski definition) is 1. The Kier molecular flexibility index (Phi) is 4.34. The summed E-state index contributed by atoms with van der Waals surface area (Å²) >= 11 is 5.18. The van der Waals surface area contributed by atoms with Crippen LogP contribution in [0.3, 0.4) is 0 Å². The van der Waals surface area contributed by atoms with Crippen LogP contribution in [0.4, 0.5) is 5.69 Å². The van der Waals surface area contributed by atoms with Crippen LogP contribution < -0.4 is 15.6 Å². The largest absolute Gasteiger partial charge is 0.363 e. The molecule has 5 heteroatoms. The van der Waals surface area contributed by atoms with Crippen molar-refractivity contribution < 1.29 is 4.98 Å². The summed E-state index contributed by atoms with van der Waals surface area (Å²) < 4.78 is 0. The average Bonchev–Trinajstić information content (AvgIpc) is 2.91. The molecule has 1 heterocycles. The van der Waals surface area contributed by atoms with Crippen molar-refractivity contribution in [2.75, 3.05) is 11.9 Å². The Labute approximate surface area is 135 Å². The molecule has 0 amide bonds. The summed E-state index contributed by atoms with van der Waals surface area (Å²) in [6, 6.07) is 16.5. The summed E-state index contributed by atoms with van der Waals surface area (Å²) in [7, 11) is 0. The van der Waals surface area contributed by atoms with Gasteiger partial charge < -0.3 is 10.6 Å². The summed E-state index contributed by atoms with van der Waals surface area (Å²) in [5.41, 5.74) is 4.50. The Balaban J connectivity index is 1.69. The summed E-state index contributed by atoms with van der Waals surface area (Å²) in [4.78, 5) is 6.81. The molecule has 0 saturated heterocycles. The van der Waals surface area contributed by atoms with Crippen LogP contribution in [0.5, 0.6) is 0 Å². The fourth-order valence-electron chi connectivity index (χ4n) is 2.39. The molecule has 3 aromatic rings. The SMILES string of the molecule is CCNC(=S)Nc1ccc(Cc2[nH]c3ccccc3[nH+]2)cc1. The number of aromatic amines is 2. The summed E-state index contributed by atoms with van der Waals surface area (Å²) in [6.45, 7) is 2.84. The molecule has 0 bridgehead atoms. The van der Waals surface area contributed by atoms with Gasteiger partial charge in [0.05, 0.1) is 6.42 Å². The second-order valence-electron chi connectivity index (χ2n) is 5.13. The van der Waals surface area contributed by atoms with Gasteiger partial charge in [0.15, 0.2) is 16.1 Å². The fraction of sp³-hybridized carbons (Fsp3) is 0.176. The van der Waals surface area contributed by atoms with Gasteiger partial charge in [0, 0.05) is 12.2 Å². The molecular weight excluding hydrogens is 292 g/mol. The van der Waals surface area contributed by atoms with E-state index in [-0.39, 0.29) is 0 Å². The Morgan fingerprint density at radius 1 is 1.14 bits per heavy atom. The highest BCUT2D eigenvalue weighted by atomic mass is 32.1. The van der Waals surface area contributed by atoms with Gasteiger partial charge in [-0.05, 0) is 49.0 Å². The number of aromatic nitrogens is 2. The van der Waals surface area contributed by atoms with Crippen LogP contribution in [-0.2, 0) is 6.42 Å². The van der Waals surface area contributed by atoms with Gasteiger partial charge in [-0.2, -0.15) is 0 Å². The topological polar surface area (TPSA) is 54.0 Å². The fourth-order valence-corrected chi connectivity index (χ4v) is 2.65. The quantitative estimate of drug-likeness (QED) is 0.649. The molecule has 0 saturated carbocycles. The normalized spacial score (nSPS) is 10.6. The molecule has 1 aromatic heterocycles. The van der Waals surface area contributed by atoms with Crippen molar-refractivity contribution in [2.24, 2.45) is 0 Å². The average molecular weight is 311 g/mol. The third kappa shape index (κ3) is 3.43. The van der Waals surface area contributed by atoms with Crippen LogP contribution in [0, 0.1) is 0 Å². The highest BCUT2D eigenvalue weighted by molar-refractivity contribution is 7.80. The number of fused-ring (bicyclic) bond motifs is 1. The minimum Gasteiger partial charge on any atom is -0.363 e. The van der Waals surface area contributed by atoms with Gasteiger partial charge in [-0.3, -0.25) is 0 Å². The molecule has 22 heavy (non-hydrogen) atoms. The number of imidazole rings is 1. The van der Waals surface area contributed by atoms with Crippen LogP contribution in [0.2, 0.25) is 0 Å². The van der Waals surface area contributed by atoms with Crippen molar-refractivity contribution in [3.05, 3.63) is 59.9 Å². The zero-order valence-corrected chi connectivity index (χ0v) is 13.3. The van der Waals surface area contributed by atoms with E-state index in [1.165, 1.54) is 5.56 Å². The first-order valence-corrected chi connectivity index (χ1v) is 7.78. The molecule has 0 atom stereocenters. The first-order valence-electron chi connectivity index (χ1n) is 7.37. The Bertz CT molecular complexity index is 744. The van der Waals surface area contributed by atoms with E-state index in [4.69, 9.17) is 12.2 Å². The van der Waals surface area contributed by atoms with E-state index >= 15 is 0 Å². The molecule has 0 unspecified atom stereocenters. The molecular formula is C17H19N4S+. The van der Waals surface area contributed by atoms with Crippen molar-refractivity contribution in [3.8, 4) is 0 Å². The van der Waals surface area contributed by atoms with Crippen LogP contribution in [0.15, 0.2) is 48.5 Å². The molecule has 0 aliphatic rings. The van der Waals surface area contributed by atoms with Crippen molar-refractivity contribution in [1.29, 1.82) is 0 Å². The van der Waals surface area contributed by atoms with Gasteiger partial charge in [-0.1, -0.05) is 24.3 Å². The first kappa shape index (κ1) is 14.5. The van der Waals surface area contributed by atoms with Gasteiger partial charge in [0.1, 0.15) is 0 Å². The van der Waals surface area contributed by atoms with Crippen LogP contribution >= 0.6 is 12.2 Å². The van der Waals surface area contributed by atoms with E-state index in [1.807, 2.05) is 31.2 Å². The summed E-state index contributed by atoms with van der Waals surface area (Å²) in [6.07, 6.45) is 0.840. The molecule has 3 rings (SSSR count). The molecule has 0 spiro atoms. The van der Waals surface area contributed by atoms with Crippen molar-refractivity contribution >= 4 is 34.1 Å². The number of nitrogens with one attached hydrogen (secondary N) is 4. The van der Waals surface area contributed by atoms with E-state index in [0.717, 1.165) is 35.5 Å². The summed E-state index contributed by atoms with van der Waals surface area (Å²) in [5.74, 6) is 1.10. The molecule has 0 radical (unpaired) electrons. The van der Waals surface area contributed by atoms with E-state index in [0.29, 0.717) is 5.11 Å². The lowest BCUT2D eigenvalue weighted by Crippen LogP contribution is -2.27. The number of hydrogen-bond donors (Lipinski definition) is 3. The van der Waals surface area contributed by atoms with Gasteiger partial charge >= 0.3 is 0 Å². The van der Waals surface area contributed by atoms with E-state index in [2.05, 4.69) is 44.9 Å². The van der Waals surface area contributed by atoms with Gasteiger partial charge in [-0.25, -0.2) is 9.97 Å². The predicted octanol–water partition coefficient (Wildman–Crippen LogP) is 2.88. The van der Waals surface area contributed by atoms with Crippen LogP contribution in [0.1, 0.15) is 18.3 Å². The Hall–Kier alpha value is -2.40. The Morgan fingerprint density at radius 3 is 2.64 bits per heavy atom. The highest BCUT2D eigenvalue weighted by Crippen LogP contribution is 2.13. The van der Waals surface area contributed by atoms with Gasteiger partial charge in [0.2, 0.25) is 0 Å². The molecule has 4 nitrogen and oxygen atoms in total. The monoisotopic (exact) mass is 311 g/mol. The van der Waals surface area contributed by atoms with Gasteiger partial charge in [-0.15, -0.1) is 0 Å². The lowest BCUT2D eigenvalue weighted by molar-refractivity contribution is -0.356. The predicted molar refractivity (Wildman–Crippen MR) is 94.0 cm³/mol. The molecule has 0 aliphatic heterocycles. The molecule has 0 aliphatic carbocycles. The number of thiocarbonyl (C=S) groups is 1. The molecule has 4 N–H and O–H groups in total. The maximum Gasteiger partial charge on any atom is 0.257 e. The smallest absolute Gasteiger partial charge is 0.257 e. The van der Waals surface area contributed by atoms with E-state index in [9.17, 15) is 0 Å².